The van der Waals surface area contributed by atoms with E-state index in [0.29, 0.717) is 22.9 Å². The van der Waals surface area contributed by atoms with Gasteiger partial charge in [-0.25, -0.2) is 4.98 Å². The highest BCUT2D eigenvalue weighted by Crippen LogP contribution is 2.29. The third-order valence-corrected chi connectivity index (χ3v) is 4.45. The second-order valence-electron chi connectivity index (χ2n) is 6.26. The second kappa shape index (κ2) is 7.29. The molecule has 0 aliphatic heterocycles. The van der Waals surface area contributed by atoms with Crippen LogP contribution < -0.4 is 4.74 Å². The normalized spacial score (nSPS) is 11.7. The number of aryl methyl sites for hydroxylation is 1. The van der Waals surface area contributed by atoms with Crippen LogP contribution in [0, 0.1) is 11.3 Å². The molecule has 0 unspecified atom stereocenters. The molecule has 1 heterocycles. The Morgan fingerprint density at radius 1 is 0.964 bits per heavy atom. The van der Waals surface area contributed by atoms with Gasteiger partial charge in [-0.15, -0.1) is 0 Å². The van der Waals surface area contributed by atoms with Crippen LogP contribution in [0.3, 0.4) is 0 Å². The maximum Gasteiger partial charge on any atom is 0.155 e. The molecule has 5 heteroatoms. The maximum absolute atomic E-state index is 10.8. The monoisotopic (exact) mass is 367 g/mol. The fourth-order valence-electron chi connectivity index (χ4n) is 3.05. The van der Waals surface area contributed by atoms with E-state index < -0.39 is 0 Å². The van der Waals surface area contributed by atoms with Crippen LogP contribution in [0.2, 0.25) is 0 Å². The van der Waals surface area contributed by atoms with Crippen molar-refractivity contribution in [1.82, 2.24) is 9.55 Å². The summed E-state index contributed by atoms with van der Waals surface area (Å²) in [6, 6.07) is 26.1. The van der Waals surface area contributed by atoms with E-state index in [1.807, 2.05) is 61.6 Å². The van der Waals surface area contributed by atoms with Crippen molar-refractivity contribution in [2.24, 2.45) is 7.05 Å². The van der Waals surface area contributed by atoms with Gasteiger partial charge in [0.1, 0.15) is 28.9 Å². The van der Waals surface area contributed by atoms with E-state index in [9.17, 15) is 10.4 Å². The Bertz CT molecular complexity index is 1220. The Morgan fingerprint density at radius 3 is 2.43 bits per heavy atom. The molecule has 0 fully saturated rings. The lowest BCUT2D eigenvalue weighted by atomic mass is 10.1. The Morgan fingerprint density at radius 2 is 1.68 bits per heavy atom. The molecule has 28 heavy (non-hydrogen) atoms. The number of aliphatic hydroxyl groups excluding tert-OH is 1. The molecule has 0 aliphatic carbocycles. The van der Waals surface area contributed by atoms with E-state index in [0.717, 1.165) is 11.0 Å². The van der Waals surface area contributed by atoms with Crippen molar-refractivity contribution in [2.45, 2.75) is 0 Å². The summed E-state index contributed by atoms with van der Waals surface area (Å²) in [6.07, 6.45) is 0. The number of imidazole rings is 1. The minimum absolute atomic E-state index is 0.107. The number of nitriles is 1. The average molecular weight is 367 g/mol. The molecule has 0 bridgehead atoms. The van der Waals surface area contributed by atoms with Gasteiger partial charge < -0.3 is 14.4 Å². The molecule has 1 N–H and O–H groups in total. The predicted octanol–water partition coefficient (Wildman–Crippen LogP) is 5.32. The summed E-state index contributed by atoms with van der Waals surface area (Å²) in [6.45, 7) is 0. The molecule has 136 valence electrons. The summed E-state index contributed by atoms with van der Waals surface area (Å²) >= 11 is 0. The van der Waals surface area contributed by atoms with E-state index in [1.165, 1.54) is 0 Å². The van der Waals surface area contributed by atoms with E-state index in [4.69, 9.17) is 4.74 Å². The molecule has 0 atom stereocenters. The van der Waals surface area contributed by atoms with E-state index in [2.05, 4.69) is 11.1 Å². The average Bonchev–Trinajstić information content (AvgIpc) is 3.06. The molecule has 0 amide bonds. The standard InChI is InChI=1S/C23H17N3O2/c1-26-21-13-6-5-12-20(21)25-23(26)19(15-24)22(27)16-8-7-11-18(14-16)28-17-9-3-2-4-10-17/h2-14,27H,1H3/b22-19-. The number of allylic oxidation sites excluding steroid dienone is 1. The Hall–Kier alpha value is -4.04. The number of nitrogens with zero attached hydrogens (tertiary/aromatic N) is 3. The number of aliphatic hydroxyl groups is 1. The van der Waals surface area contributed by atoms with E-state index in [1.54, 1.807) is 28.8 Å². The van der Waals surface area contributed by atoms with Gasteiger partial charge in [-0.1, -0.05) is 42.5 Å². The molecule has 3 aromatic carbocycles. The topological polar surface area (TPSA) is 71.1 Å². The zero-order valence-electron chi connectivity index (χ0n) is 15.2. The van der Waals surface area contributed by atoms with Crippen molar-refractivity contribution >= 4 is 22.4 Å². The number of benzene rings is 3. The van der Waals surface area contributed by atoms with Crippen LogP contribution in [0.1, 0.15) is 11.4 Å². The maximum atomic E-state index is 10.8. The highest BCUT2D eigenvalue weighted by atomic mass is 16.5. The molecule has 0 radical (unpaired) electrons. The van der Waals surface area contributed by atoms with E-state index in [-0.39, 0.29) is 11.3 Å². The molecule has 0 spiro atoms. The zero-order chi connectivity index (χ0) is 19.5. The van der Waals surface area contributed by atoms with Crippen LogP contribution in [0.5, 0.6) is 11.5 Å². The predicted molar refractivity (Wildman–Crippen MR) is 109 cm³/mol. The first-order valence-electron chi connectivity index (χ1n) is 8.76. The quantitative estimate of drug-likeness (QED) is 0.392. The van der Waals surface area contributed by atoms with Gasteiger partial charge in [0, 0.05) is 12.6 Å². The molecule has 1 aromatic heterocycles. The van der Waals surface area contributed by atoms with Crippen LogP contribution in [-0.4, -0.2) is 14.7 Å². The first-order valence-corrected chi connectivity index (χ1v) is 8.76. The fourth-order valence-corrected chi connectivity index (χ4v) is 3.05. The molecule has 4 rings (SSSR count). The number of hydrogen-bond acceptors (Lipinski definition) is 4. The van der Waals surface area contributed by atoms with Crippen molar-refractivity contribution in [3.8, 4) is 17.6 Å². The van der Waals surface area contributed by atoms with Crippen LogP contribution in [-0.2, 0) is 7.05 Å². The van der Waals surface area contributed by atoms with Crippen molar-refractivity contribution in [3.63, 3.8) is 0 Å². The molecular formula is C23H17N3O2. The third kappa shape index (κ3) is 3.19. The second-order valence-corrected chi connectivity index (χ2v) is 6.26. The van der Waals surface area contributed by atoms with Crippen molar-refractivity contribution in [3.05, 3.63) is 90.3 Å². The van der Waals surface area contributed by atoms with Gasteiger partial charge in [-0.3, -0.25) is 0 Å². The molecule has 4 aromatic rings. The van der Waals surface area contributed by atoms with Gasteiger partial charge in [0.15, 0.2) is 5.82 Å². The lowest BCUT2D eigenvalue weighted by Crippen LogP contribution is -1.99. The summed E-state index contributed by atoms with van der Waals surface area (Å²) in [4.78, 5) is 4.51. The van der Waals surface area contributed by atoms with Crippen molar-refractivity contribution in [2.75, 3.05) is 0 Å². The molecule has 5 nitrogen and oxygen atoms in total. The van der Waals surface area contributed by atoms with Gasteiger partial charge >= 0.3 is 0 Å². The number of para-hydroxylation sites is 3. The minimum atomic E-state index is -0.139. The Kier molecular flexibility index (Phi) is 4.53. The van der Waals surface area contributed by atoms with Gasteiger partial charge in [-0.05, 0) is 36.4 Å². The van der Waals surface area contributed by atoms with Crippen molar-refractivity contribution < 1.29 is 9.84 Å². The van der Waals surface area contributed by atoms with Crippen LogP contribution in [0.15, 0.2) is 78.9 Å². The number of rotatable bonds is 4. The van der Waals surface area contributed by atoms with Crippen LogP contribution in [0.4, 0.5) is 0 Å². The fraction of sp³-hybridized carbons (Fsp3) is 0.0435. The van der Waals surface area contributed by atoms with Gasteiger partial charge in [0.05, 0.1) is 11.0 Å². The first-order chi connectivity index (χ1) is 13.7. The highest BCUT2D eigenvalue weighted by molar-refractivity contribution is 5.94. The summed E-state index contributed by atoms with van der Waals surface area (Å²) in [5, 5.41) is 20.5. The Balaban J connectivity index is 1.76. The summed E-state index contributed by atoms with van der Waals surface area (Å²) < 4.78 is 7.62. The highest BCUT2D eigenvalue weighted by Gasteiger charge is 2.17. The number of ether oxygens (including phenoxy) is 1. The van der Waals surface area contributed by atoms with Crippen LogP contribution >= 0.6 is 0 Å². The number of fused-ring (bicyclic) bond motifs is 1. The smallest absolute Gasteiger partial charge is 0.155 e. The van der Waals surface area contributed by atoms with Gasteiger partial charge in [-0.2, -0.15) is 5.26 Å². The lowest BCUT2D eigenvalue weighted by Gasteiger charge is -2.09. The van der Waals surface area contributed by atoms with Crippen LogP contribution in [0.25, 0.3) is 22.4 Å². The first kappa shape index (κ1) is 17.4. The largest absolute Gasteiger partial charge is 0.506 e. The zero-order valence-corrected chi connectivity index (χ0v) is 15.2. The summed E-state index contributed by atoms with van der Waals surface area (Å²) in [7, 11) is 1.82. The number of aromatic nitrogens is 2. The SMILES string of the molecule is Cn1c(/C(C#N)=C(\O)c2cccc(Oc3ccccc3)c2)nc2ccccc21. The van der Waals surface area contributed by atoms with E-state index >= 15 is 0 Å². The number of hydrogen-bond donors (Lipinski definition) is 1. The summed E-state index contributed by atoms with van der Waals surface area (Å²) in [5.74, 6) is 1.53. The van der Waals surface area contributed by atoms with Gasteiger partial charge in [0.2, 0.25) is 0 Å². The third-order valence-electron chi connectivity index (χ3n) is 4.45. The van der Waals surface area contributed by atoms with Gasteiger partial charge in [0.25, 0.3) is 0 Å². The molecular weight excluding hydrogens is 350 g/mol. The summed E-state index contributed by atoms with van der Waals surface area (Å²) in [5.41, 5.74) is 2.24. The molecule has 0 saturated heterocycles. The van der Waals surface area contributed by atoms with Crippen molar-refractivity contribution in [1.29, 1.82) is 5.26 Å². The Labute approximate surface area is 162 Å². The minimum Gasteiger partial charge on any atom is -0.506 e. The lowest BCUT2D eigenvalue weighted by molar-refractivity contribution is 0.480. The molecule has 0 aliphatic rings. The molecule has 0 saturated carbocycles.